The van der Waals surface area contributed by atoms with Crippen molar-refractivity contribution in [3.63, 3.8) is 0 Å². The van der Waals surface area contributed by atoms with Crippen LogP contribution in [0.3, 0.4) is 0 Å². The highest BCUT2D eigenvalue weighted by Crippen LogP contribution is 2.19. The Balaban J connectivity index is 2.05. The minimum absolute atomic E-state index is 0.108. The van der Waals surface area contributed by atoms with Gasteiger partial charge in [0.2, 0.25) is 0 Å². The summed E-state index contributed by atoms with van der Waals surface area (Å²) >= 11 is 6.33. The molecule has 2 aromatic rings. The molecular weight excluding hydrogens is 286 g/mol. The predicted octanol–water partition coefficient (Wildman–Crippen LogP) is 3.29. The molecule has 4 nitrogen and oxygen atoms in total. The van der Waals surface area contributed by atoms with Gasteiger partial charge in [-0.3, -0.25) is 4.79 Å². The standard InChI is InChI=1S/C16H20ClN3O/c1-12(2)11-20-9-8-18-15(16(20)21)19-10-14(17)13-6-4-3-5-7-13/h3-9,12,14H,10-11H2,1-2H3,(H,18,19). The molecule has 5 heteroatoms. The van der Waals surface area contributed by atoms with E-state index in [-0.39, 0.29) is 10.9 Å². The van der Waals surface area contributed by atoms with E-state index < -0.39 is 0 Å². The Morgan fingerprint density at radius 1 is 1.29 bits per heavy atom. The van der Waals surface area contributed by atoms with Crippen molar-refractivity contribution < 1.29 is 0 Å². The second-order valence-corrected chi connectivity index (χ2v) is 5.91. The van der Waals surface area contributed by atoms with Crippen LogP contribution in [0.5, 0.6) is 0 Å². The van der Waals surface area contributed by atoms with E-state index in [2.05, 4.69) is 24.1 Å². The molecule has 1 atom stereocenters. The van der Waals surface area contributed by atoms with Crippen molar-refractivity contribution in [2.75, 3.05) is 11.9 Å². The lowest BCUT2D eigenvalue weighted by atomic mass is 10.1. The summed E-state index contributed by atoms with van der Waals surface area (Å²) in [5.41, 5.74) is 0.910. The van der Waals surface area contributed by atoms with Gasteiger partial charge in [-0.05, 0) is 11.5 Å². The lowest BCUT2D eigenvalue weighted by Gasteiger charge is -2.13. The van der Waals surface area contributed by atoms with E-state index >= 15 is 0 Å². The maximum Gasteiger partial charge on any atom is 0.293 e. The molecule has 0 aliphatic heterocycles. The van der Waals surface area contributed by atoms with Crippen molar-refractivity contribution in [2.24, 2.45) is 5.92 Å². The topological polar surface area (TPSA) is 46.9 Å². The Morgan fingerprint density at radius 3 is 2.67 bits per heavy atom. The van der Waals surface area contributed by atoms with Gasteiger partial charge < -0.3 is 9.88 Å². The monoisotopic (exact) mass is 305 g/mol. The van der Waals surface area contributed by atoms with Gasteiger partial charge in [0.05, 0.1) is 5.38 Å². The van der Waals surface area contributed by atoms with Crippen molar-refractivity contribution in [3.8, 4) is 0 Å². The van der Waals surface area contributed by atoms with Gasteiger partial charge in [-0.1, -0.05) is 44.2 Å². The fraction of sp³-hybridized carbons (Fsp3) is 0.375. The van der Waals surface area contributed by atoms with Crippen molar-refractivity contribution >= 4 is 17.4 Å². The van der Waals surface area contributed by atoms with Crippen LogP contribution in [-0.2, 0) is 6.54 Å². The summed E-state index contributed by atoms with van der Waals surface area (Å²) < 4.78 is 1.67. The molecule has 21 heavy (non-hydrogen) atoms. The van der Waals surface area contributed by atoms with Crippen molar-refractivity contribution in [3.05, 3.63) is 58.6 Å². The number of hydrogen-bond acceptors (Lipinski definition) is 3. The molecule has 1 aromatic heterocycles. The molecule has 0 aliphatic rings. The van der Waals surface area contributed by atoms with E-state index in [0.29, 0.717) is 24.8 Å². The fourth-order valence-corrected chi connectivity index (χ4v) is 2.29. The van der Waals surface area contributed by atoms with Gasteiger partial charge in [0, 0.05) is 25.5 Å². The first-order valence-corrected chi connectivity index (χ1v) is 7.50. The second kappa shape index (κ2) is 7.27. The van der Waals surface area contributed by atoms with Gasteiger partial charge >= 0.3 is 0 Å². The number of halogens is 1. The first-order valence-electron chi connectivity index (χ1n) is 7.06. The highest BCUT2D eigenvalue weighted by Gasteiger charge is 2.10. The Bertz CT molecular complexity index is 625. The molecule has 0 amide bonds. The van der Waals surface area contributed by atoms with Crippen LogP contribution >= 0.6 is 11.6 Å². The zero-order valence-corrected chi connectivity index (χ0v) is 13.0. The number of anilines is 1. The highest BCUT2D eigenvalue weighted by atomic mass is 35.5. The Hall–Kier alpha value is -1.81. The molecule has 1 heterocycles. The lowest BCUT2D eigenvalue weighted by molar-refractivity contribution is 0.509. The summed E-state index contributed by atoms with van der Waals surface area (Å²) in [6.07, 6.45) is 3.35. The maximum absolute atomic E-state index is 12.2. The van der Waals surface area contributed by atoms with Crippen LogP contribution in [0.2, 0.25) is 0 Å². The molecule has 2 rings (SSSR count). The number of hydrogen-bond donors (Lipinski definition) is 1. The summed E-state index contributed by atoms with van der Waals surface area (Å²) in [4.78, 5) is 16.4. The van der Waals surface area contributed by atoms with Gasteiger partial charge in [-0.25, -0.2) is 4.98 Å². The van der Waals surface area contributed by atoms with Gasteiger partial charge in [0.15, 0.2) is 5.82 Å². The second-order valence-electron chi connectivity index (χ2n) is 5.39. The van der Waals surface area contributed by atoms with E-state index in [1.165, 1.54) is 0 Å². The van der Waals surface area contributed by atoms with Crippen molar-refractivity contribution in [2.45, 2.75) is 25.8 Å². The minimum Gasteiger partial charge on any atom is -0.364 e. The van der Waals surface area contributed by atoms with E-state index in [9.17, 15) is 4.79 Å². The number of aromatic nitrogens is 2. The van der Waals surface area contributed by atoms with Crippen LogP contribution in [0.25, 0.3) is 0 Å². The largest absolute Gasteiger partial charge is 0.364 e. The molecule has 0 aliphatic carbocycles. The Labute approximate surface area is 129 Å². The summed E-state index contributed by atoms with van der Waals surface area (Å²) in [6.45, 7) is 5.28. The third kappa shape index (κ3) is 4.33. The molecule has 1 N–H and O–H groups in total. The summed E-state index contributed by atoms with van der Waals surface area (Å²) in [5.74, 6) is 0.753. The zero-order chi connectivity index (χ0) is 15.2. The number of nitrogens with zero attached hydrogens (tertiary/aromatic N) is 2. The maximum atomic E-state index is 12.2. The molecule has 1 aromatic carbocycles. The Morgan fingerprint density at radius 2 is 2.00 bits per heavy atom. The molecule has 1 unspecified atom stereocenters. The molecule has 112 valence electrons. The summed E-state index contributed by atoms with van der Waals surface area (Å²) in [7, 11) is 0. The highest BCUT2D eigenvalue weighted by molar-refractivity contribution is 6.21. The van der Waals surface area contributed by atoms with Crippen LogP contribution in [-0.4, -0.2) is 16.1 Å². The molecule has 0 fully saturated rings. The quantitative estimate of drug-likeness (QED) is 0.833. The van der Waals surface area contributed by atoms with Gasteiger partial charge in [0.1, 0.15) is 0 Å². The van der Waals surface area contributed by atoms with E-state index in [4.69, 9.17) is 11.6 Å². The fourth-order valence-electron chi connectivity index (χ4n) is 2.07. The lowest BCUT2D eigenvalue weighted by Crippen LogP contribution is -2.26. The minimum atomic E-state index is -0.203. The number of benzene rings is 1. The SMILES string of the molecule is CC(C)Cn1ccnc(NCC(Cl)c2ccccc2)c1=O. The number of rotatable bonds is 6. The van der Waals surface area contributed by atoms with Gasteiger partial charge in [-0.15, -0.1) is 11.6 Å². The first kappa shape index (κ1) is 15.6. The molecular formula is C16H20ClN3O. The average molecular weight is 306 g/mol. The average Bonchev–Trinajstić information content (AvgIpc) is 2.48. The van der Waals surface area contributed by atoms with Gasteiger partial charge in [-0.2, -0.15) is 0 Å². The van der Waals surface area contributed by atoms with Crippen molar-refractivity contribution in [1.29, 1.82) is 0 Å². The third-order valence-corrected chi connectivity index (χ3v) is 3.49. The Kier molecular flexibility index (Phi) is 5.39. The van der Waals surface area contributed by atoms with Crippen LogP contribution < -0.4 is 10.9 Å². The van der Waals surface area contributed by atoms with Crippen LogP contribution in [0, 0.1) is 5.92 Å². The normalized spacial score (nSPS) is 12.4. The third-order valence-electron chi connectivity index (χ3n) is 3.09. The zero-order valence-electron chi connectivity index (χ0n) is 12.3. The molecule has 0 bridgehead atoms. The van der Waals surface area contributed by atoms with E-state index in [0.717, 1.165) is 5.56 Å². The predicted molar refractivity (Wildman–Crippen MR) is 86.9 cm³/mol. The van der Waals surface area contributed by atoms with Crippen LogP contribution in [0.1, 0.15) is 24.8 Å². The van der Waals surface area contributed by atoms with Crippen LogP contribution in [0.15, 0.2) is 47.5 Å². The molecule has 0 spiro atoms. The molecule has 0 saturated carbocycles. The van der Waals surface area contributed by atoms with E-state index in [1.54, 1.807) is 17.0 Å². The summed E-state index contributed by atoms with van der Waals surface area (Å²) in [6, 6.07) is 9.77. The molecule has 0 radical (unpaired) electrons. The van der Waals surface area contributed by atoms with E-state index in [1.807, 2.05) is 30.3 Å². The molecule has 0 saturated heterocycles. The first-order chi connectivity index (χ1) is 10.1. The van der Waals surface area contributed by atoms with Gasteiger partial charge in [0.25, 0.3) is 5.56 Å². The summed E-state index contributed by atoms with van der Waals surface area (Å²) in [5, 5.41) is 2.85. The van der Waals surface area contributed by atoms with Crippen molar-refractivity contribution in [1.82, 2.24) is 9.55 Å². The van der Waals surface area contributed by atoms with Crippen LogP contribution in [0.4, 0.5) is 5.82 Å². The number of nitrogens with one attached hydrogen (secondary N) is 1. The smallest absolute Gasteiger partial charge is 0.293 e. The number of alkyl halides is 1.